The summed E-state index contributed by atoms with van der Waals surface area (Å²) in [6.07, 6.45) is 3.37. The van der Waals surface area contributed by atoms with Gasteiger partial charge < -0.3 is 15.0 Å². The lowest BCUT2D eigenvalue weighted by molar-refractivity contribution is 0.0718. The minimum Gasteiger partial charge on any atom is -0.372 e. The molecule has 21 heavy (non-hydrogen) atoms. The maximum absolute atomic E-state index is 5.83. The molecule has 0 fully saturated rings. The number of benzene rings is 1. The van der Waals surface area contributed by atoms with Crippen LogP contribution in [0.5, 0.6) is 0 Å². The highest BCUT2D eigenvalue weighted by Gasteiger charge is 2.13. The molecule has 0 saturated carbocycles. The summed E-state index contributed by atoms with van der Waals surface area (Å²) in [7, 11) is 3.90. The van der Waals surface area contributed by atoms with Crippen molar-refractivity contribution in [2.24, 2.45) is 0 Å². The van der Waals surface area contributed by atoms with E-state index in [4.69, 9.17) is 4.74 Å². The molecular weight excluding hydrogens is 264 g/mol. The molecular formula is C16H22N4O. The topological polar surface area (TPSA) is 50.3 Å². The summed E-state index contributed by atoms with van der Waals surface area (Å²) >= 11 is 0. The first kappa shape index (κ1) is 15.3. The van der Waals surface area contributed by atoms with Gasteiger partial charge in [-0.25, -0.2) is 9.97 Å². The second-order valence-electron chi connectivity index (χ2n) is 4.86. The minimum atomic E-state index is -0.00628. The van der Waals surface area contributed by atoms with Gasteiger partial charge in [0.25, 0.3) is 0 Å². The van der Waals surface area contributed by atoms with E-state index in [1.54, 1.807) is 12.4 Å². The third-order valence-electron chi connectivity index (χ3n) is 3.10. The van der Waals surface area contributed by atoms with Crippen molar-refractivity contribution in [2.45, 2.75) is 13.0 Å². The van der Waals surface area contributed by atoms with Crippen LogP contribution in [-0.2, 0) is 4.74 Å². The fourth-order valence-corrected chi connectivity index (χ4v) is 2.11. The molecule has 1 aromatic heterocycles. The molecule has 0 spiro atoms. The van der Waals surface area contributed by atoms with Crippen molar-refractivity contribution in [3.63, 3.8) is 0 Å². The lowest BCUT2D eigenvalue weighted by Crippen LogP contribution is -2.19. The first-order chi connectivity index (χ1) is 10.2. The van der Waals surface area contributed by atoms with Crippen LogP contribution in [0.25, 0.3) is 0 Å². The Morgan fingerprint density at radius 1 is 1.14 bits per heavy atom. The molecule has 0 aliphatic carbocycles. The SMILES string of the molecule is CCOC(CNc1nccnc1N(C)C)c1ccccc1. The van der Waals surface area contributed by atoms with Crippen LogP contribution in [0.3, 0.4) is 0 Å². The van der Waals surface area contributed by atoms with Crippen molar-refractivity contribution in [3.8, 4) is 0 Å². The predicted octanol–water partition coefficient (Wildman–Crippen LogP) is 2.73. The van der Waals surface area contributed by atoms with Crippen molar-refractivity contribution in [1.82, 2.24) is 9.97 Å². The van der Waals surface area contributed by atoms with Crippen LogP contribution in [0.4, 0.5) is 11.6 Å². The van der Waals surface area contributed by atoms with Crippen molar-refractivity contribution in [2.75, 3.05) is 37.5 Å². The van der Waals surface area contributed by atoms with Gasteiger partial charge in [-0.3, -0.25) is 0 Å². The van der Waals surface area contributed by atoms with E-state index >= 15 is 0 Å². The average molecular weight is 286 g/mol. The Morgan fingerprint density at radius 2 is 1.86 bits per heavy atom. The van der Waals surface area contributed by atoms with Gasteiger partial charge in [-0.15, -0.1) is 0 Å². The number of rotatable bonds is 7. The lowest BCUT2D eigenvalue weighted by atomic mass is 10.1. The third kappa shape index (κ3) is 4.16. The van der Waals surface area contributed by atoms with Gasteiger partial charge in [-0.05, 0) is 12.5 Å². The van der Waals surface area contributed by atoms with E-state index in [1.807, 2.05) is 44.1 Å². The van der Waals surface area contributed by atoms with Crippen LogP contribution in [-0.4, -0.2) is 37.2 Å². The molecule has 0 aliphatic rings. The molecule has 0 aliphatic heterocycles. The van der Waals surface area contributed by atoms with Gasteiger partial charge in [-0.1, -0.05) is 30.3 Å². The van der Waals surface area contributed by atoms with Gasteiger partial charge in [-0.2, -0.15) is 0 Å². The van der Waals surface area contributed by atoms with Crippen molar-refractivity contribution < 1.29 is 4.74 Å². The molecule has 0 radical (unpaired) electrons. The number of aromatic nitrogens is 2. The number of hydrogen-bond acceptors (Lipinski definition) is 5. The first-order valence-electron chi connectivity index (χ1n) is 7.11. The Hall–Kier alpha value is -2.14. The normalized spacial score (nSPS) is 12.0. The molecule has 1 N–H and O–H groups in total. The van der Waals surface area contributed by atoms with E-state index in [1.165, 1.54) is 0 Å². The van der Waals surface area contributed by atoms with Crippen LogP contribution in [0.1, 0.15) is 18.6 Å². The third-order valence-corrected chi connectivity index (χ3v) is 3.10. The molecule has 2 aromatic rings. The van der Waals surface area contributed by atoms with E-state index in [0.29, 0.717) is 13.2 Å². The maximum Gasteiger partial charge on any atom is 0.171 e. The fraction of sp³-hybridized carbons (Fsp3) is 0.375. The highest BCUT2D eigenvalue weighted by molar-refractivity contribution is 5.59. The zero-order valence-corrected chi connectivity index (χ0v) is 12.8. The molecule has 0 saturated heterocycles. The van der Waals surface area contributed by atoms with Gasteiger partial charge in [0.15, 0.2) is 11.6 Å². The highest BCUT2D eigenvalue weighted by Crippen LogP contribution is 2.21. The van der Waals surface area contributed by atoms with Crippen molar-refractivity contribution in [3.05, 3.63) is 48.3 Å². The fourth-order valence-electron chi connectivity index (χ4n) is 2.11. The Morgan fingerprint density at radius 3 is 2.52 bits per heavy atom. The summed E-state index contributed by atoms with van der Waals surface area (Å²) in [5.41, 5.74) is 1.15. The first-order valence-corrected chi connectivity index (χ1v) is 7.11. The largest absolute Gasteiger partial charge is 0.372 e. The summed E-state index contributed by atoms with van der Waals surface area (Å²) in [5.74, 6) is 1.59. The van der Waals surface area contributed by atoms with Gasteiger partial charge in [0.2, 0.25) is 0 Å². The van der Waals surface area contributed by atoms with Crippen LogP contribution in [0, 0.1) is 0 Å². The molecule has 1 atom stereocenters. The molecule has 5 heteroatoms. The number of ether oxygens (including phenoxy) is 1. The lowest BCUT2D eigenvalue weighted by Gasteiger charge is -2.20. The van der Waals surface area contributed by atoms with Crippen LogP contribution < -0.4 is 10.2 Å². The van der Waals surface area contributed by atoms with Gasteiger partial charge in [0.1, 0.15) is 0 Å². The Kier molecular flexibility index (Phi) is 5.51. The van der Waals surface area contributed by atoms with E-state index < -0.39 is 0 Å². The Labute approximate surface area is 126 Å². The maximum atomic E-state index is 5.83. The minimum absolute atomic E-state index is 0.00628. The molecule has 112 valence electrons. The molecule has 1 aromatic carbocycles. The molecule has 1 heterocycles. The number of nitrogens with one attached hydrogen (secondary N) is 1. The number of nitrogens with zero attached hydrogens (tertiary/aromatic N) is 3. The Bertz CT molecular complexity index is 545. The van der Waals surface area contributed by atoms with Crippen LogP contribution in [0.15, 0.2) is 42.7 Å². The number of hydrogen-bond donors (Lipinski definition) is 1. The predicted molar refractivity (Wildman–Crippen MR) is 85.7 cm³/mol. The summed E-state index contributed by atoms with van der Waals surface area (Å²) < 4.78 is 5.83. The quantitative estimate of drug-likeness (QED) is 0.848. The second kappa shape index (κ2) is 7.59. The van der Waals surface area contributed by atoms with E-state index in [0.717, 1.165) is 17.2 Å². The summed E-state index contributed by atoms with van der Waals surface area (Å²) in [5, 5.41) is 3.34. The monoisotopic (exact) mass is 286 g/mol. The molecule has 0 bridgehead atoms. The van der Waals surface area contributed by atoms with Crippen LogP contribution in [0.2, 0.25) is 0 Å². The van der Waals surface area contributed by atoms with E-state index in [-0.39, 0.29) is 6.10 Å². The molecule has 1 unspecified atom stereocenters. The van der Waals surface area contributed by atoms with E-state index in [2.05, 4.69) is 27.4 Å². The smallest absolute Gasteiger partial charge is 0.171 e. The summed E-state index contributed by atoms with van der Waals surface area (Å²) in [6, 6.07) is 10.2. The molecule has 2 rings (SSSR count). The highest BCUT2D eigenvalue weighted by atomic mass is 16.5. The van der Waals surface area contributed by atoms with Gasteiger partial charge in [0.05, 0.1) is 6.10 Å². The molecule has 0 amide bonds. The summed E-state index contributed by atoms with van der Waals surface area (Å²) in [6.45, 7) is 3.32. The average Bonchev–Trinajstić information content (AvgIpc) is 2.52. The van der Waals surface area contributed by atoms with Gasteiger partial charge >= 0.3 is 0 Å². The van der Waals surface area contributed by atoms with E-state index in [9.17, 15) is 0 Å². The zero-order chi connectivity index (χ0) is 15.1. The summed E-state index contributed by atoms with van der Waals surface area (Å²) in [4.78, 5) is 10.6. The van der Waals surface area contributed by atoms with Crippen molar-refractivity contribution >= 4 is 11.6 Å². The zero-order valence-electron chi connectivity index (χ0n) is 12.8. The standard InChI is InChI=1S/C16H22N4O/c1-4-21-14(13-8-6-5-7-9-13)12-19-15-16(20(2)3)18-11-10-17-15/h5-11,14H,4,12H2,1-3H3,(H,17,19). The van der Waals surface area contributed by atoms with Crippen molar-refractivity contribution in [1.29, 1.82) is 0 Å². The molecule has 5 nitrogen and oxygen atoms in total. The van der Waals surface area contributed by atoms with Gasteiger partial charge in [0, 0.05) is 39.6 Å². The van der Waals surface area contributed by atoms with Crippen LogP contribution >= 0.6 is 0 Å². The Balaban J connectivity index is 2.09. The number of anilines is 2. The second-order valence-corrected chi connectivity index (χ2v) is 4.86.